The minimum absolute atomic E-state index is 0.0277. The van der Waals surface area contributed by atoms with Crippen molar-refractivity contribution in [3.05, 3.63) is 86.6 Å². The van der Waals surface area contributed by atoms with Crippen molar-refractivity contribution in [3.8, 4) is 5.75 Å². The summed E-state index contributed by atoms with van der Waals surface area (Å²) in [6, 6.07) is 13.3. The molecule has 0 spiro atoms. The topological polar surface area (TPSA) is 78.7 Å². The zero-order valence-corrected chi connectivity index (χ0v) is 16.5. The van der Waals surface area contributed by atoms with Gasteiger partial charge in [-0.15, -0.1) is 0 Å². The van der Waals surface area contributed by atoms with Gasteiger partial charge in [-0.2, -0.15) is 13.2 Å². The predicted octanol–water partition coefficient (Wildman–Crippen LogP) is 3.83. The van der Waals surface area contributed by atoms with E-state index in [0.29, 0.717) is 39.4 Å². The van der Waals surface area contributed by atoms with Crippen LogP contribution < -0.4 is 15.9 Å². The number of benzene rings is 2. The normalized spacial score (nSPS) is 12.1. The van der Waals surface area contributed by atoms with Crippen LogP contribution in [0.5, 0.6) is 5.75 Å². The molecular weight excluding hydrogens is 427 g/mol. The summed E-state index contributed by atoms with van der Waals surface area (Å²) in [5, 5.41) is 0.550. The van der Waals surface area contributed by atoms with E-state index in [0.717, 1.165) is 4.40 Å². The molecular formula is C22H14F3N3O4. The van der Waals surface area contributed by atoms with Gasteiger partial charge in [-0.05, 0) is 35.9 Å². The number of para-hydroxylation sites is 2. The van der Waals surface area contributed by atoms with E-state index in [1.54, 1.807) is 42.5 Å². The van der Waals surface area contributed by atoms with Crippen molar-refractivity contribution in [1.29, 1.82) is 0 Å². The lowest BCUT2D eigenvalue weighted by Crippen LogP contribution is -2.20. The van der Waals surface area contributed by atoms with Crippen LogP contribution in [-0.2, 0) is 12.7 Å². The SMILES string of the molecule is COc1ccc2oc(=O)cc(Cn3c4ccccc4n4c(=O)cc(C(F)(F)F)nc34)c2c1. The Bertz CT molecular complexity index is 1630. The second-order valence-corrected chi connectivity index (χ2v) is 7.14. The number of halogens is 3. The van der Waals surface area contributed by atoms with E-state index >= 15 is 0 Å². The van der Waals surface area contributed by atoms with Gasteiger partial charge in [0.05, 0.1) is 24.7 Å². The van der Waals surface area contributed by atoms with Crippen LogP contribution in [-0.4, -0.2) is 21.1 Å². The fraction of sp³-hybridized carbons (Fsp3) is 0.136. The van der Waals surface area contributed by atoms with Gasteiger partial charge in [0.15, 0.2) is 5.69 Å². The standard InChI is InChI=1S/C22H14F3N3O4/c1-31-13-6-7-17-14(9-13)12(8-20(30)32-17)11-27-15-4-2-3-5-16(15)28-19(29)10-18(22(23,24)25)26-21(27)28/h2-10H,11H2,1H3. The summed E-state index contributed by atoms with van der Waals surface area (Å²) in [7, 11) is 1.49. The molecule has 5 aromatic rings. The van der Waals surface area contributed by atoms with Crippen LogP contribution >= 0.6 is 0 Å². The molecule has 0 amide bonds. The number of aromatic nitrogens is 3. The van der Waals surface area contributed by atoms with Gasteiger partial charge in [0.25, 0.3) is 5.56 Å². The lowest BCUT2D eigenvalue weighted by molar-refractivity contribution is -0.141. The van der Waals surface area contributed by atoms with Gasteiger partial charge >= 0.3 is 11.8 Å². The van der Waals surface area contributed by atoms with E-state index in [4.69, 9.17) is 9.15 Å². The van der Waals surface area contributed by atoms with Crippen LogP contribution in [0.2, 0.25) is 0 Å². The molecule has 0 aliphatic carbocycles. The lowest BCUT2D eigenvalue weighted by Gasteiger charge is -2.11. The van der Waals surface area contributed by atoms with Crippen LogP contribution in [0.3, 0.4) is 0 Å². The molecule has 7 nitrogen and oxygen atoms in total. The van der Waals surface area contributed by atoms with E-state index in [9.17, 15) is 22.8 Å². The summed E-state index contributed by atoms with van der Waals surface area (Å²) >= 11 is 0. The Morgan fingerprint density at radius 3 is 2.50 bits per heavy atom. The summed E-state index contributed by atoms with van der Waals surface area (Å²) in [5.74, 6) is 0.332. The average Bonchev–Trinajstić information content (AvgIpc) is 3.07. The smallest absolute Gasteiger partial charge is 0.433 e. The number of alkyl halides is 3. The molecule has 162 valence electrons. The molecule has 0 radical (unpaired) electrons. The minimum atomic E-state index is -4.79. The highest BCUT2D eigenvalue weighted by Crippen LogP contribution is 2.29. The molecule has 0 fully saturated rings. The first-order valence-electron chi connectivity index (χ1n) is 9.45. The van der Waals surface area contributed by atoms with E-state index in [1.165, 1.54) is 17.7 Å². The number of nitrogens with zero attached hydrogens (tertiary/aromatic N) is 3. The Kier molecular flexibility index (Phi) is 4.33. The number of methoxy groups -OCH3 is 1. The van der Waals surface area contributed by atoms with Gasteiger partial charge in [0.2, 0.25) is 5.78 Å². The maximum absolute atomic E-state index is 13.4. The van der Waals surface area contributed by atoms with Crippen LogP contribution in [0.1, 0.15) is 11.3 Å². The average molecular weight is 441 g/mol. The molecule has 0 bridgehead atoms. The van der Waals surface area contributed by atoms with Crippen molar-refractivity contribution in [3.63, 3.8) is 0 Å². The summed E-state index contributed by atoms with van der Waals surface area (Å²) < 4.78 is 53.2. The molecule has 0 aliphatic heterocycles. The molecule has 5 rings (SSSR count). The molecule has 2 aromatic carbocycles. The zero-order valence-electron chi connectivity index (χ0n) is 16.5. The van der Waals surface area contributed by atoms with Gasteiger partial charge in [-0.25, -0.2) is 14.2 Å². The largest absolute Gasteiger partial charge is 0.497 e. The minimum Gasteiger partial charge on any atom is -0.497 e. The molecule has 0 atom stereocenters. The number of hydrogen-bond donors (Lipinski definition) is 0. The molecule has 0 N–H and O–H groups in total. The third-order valence-electron chi connectivity index (χ3n) is 5.21. The Labute approximate surface area is 176 Å². The van der Waals surface area contributed by atoms with Crippen molar-refractivity contribution in [2.24, 2.45) is 0 Å². The first-order valence-corrected chi connectivity index (χ1v) is 9.45. The van der Waals surface area contributed by atoms with Gasteiger partial charge in [0, 0.05) is 17.5 Å². The molecule has 32 heavy (non-hydrogen) atoms. The molecule has 3 heterocycles. The summed E-state index contributed by atoms with van der Waals surface area (Å²) in [4.78, 5) is 28.5. The summed E-state index contributed by atoms with van der Waals surface area (Å²) in [6.45, 7) is -0.0277. The first kappa shape index (κ1) is 19.9. The van der Waals surface area contributed by atoms with E-state index in [1.807, 2.05) is 0 Å². The monoisotopic (exact) mass is 441 g/mol. The van der Waals surface area contributed by atoms with Crippen molar-refractivity contribution >= 4 is 27.8 Å². The summed E-state index contributed by atoms with van der Waals surface area (Å²) in [6.07, 6.45) is -4.79. The highest BCUT2D eigenvalue weighted by atomic mass is 19.4. The number of rotatable bonds is 3. The lowest BCUT2D eigenvalue weighted by atomic mass is 10.1. The highest BCUT2D eigenvalue weighted by Gasteiger charge is 2.34. The van der Waals surface area contributed by atoms with Crippen LogP contribution in [0.15, 0.2) is 68.6 Å². The number of imidazole rings is 1. The van der Waals surface area contributed by atoms with Gasteiger partial charge < -0.3 is 13.7 Å². The molecule has 0 saturated heterocycles. The van der Waals surface area contributed by atoms with Crippen molar-refractivity contribution in [2.75, 3.05) is 7.11 Å². The van der Waals surface area contributed by atoms with Gasteiger partial charge in [0.1, 0.15) is 11.3 Å². The third-order valence-corrected chi connectivity index (χ3v) is 5.21. The van der Waals surface area contributed by atoms with E-state index in [-0.39, 0.29) is 12.3 Å². The van der Waals surface area contributed by atoms with Crippen LogP contribution in [0.25, 0.3) is 27.8 Å². The predicted molar refractivity (Wildman–Crippen MR) is 110 cm³/mol. The van der Waals surface area contributed by atoms with Crippen molar-refractivity contribution in [1.82, 2.24) is 14.0 Å². The third kappa shape index (κ3) is 3.11. The Hall–Kier alpha value is -4.08. The number of fused-ring (bicyclic) bond motifs is 4. The fourth-order valence-corrected chi connectivity index (χ4v) is 3.80. The fourth-order valence-electron chi connectivity index (χ4n) is 3.80. The Morgan fingerprint density at radius 1 is 1.03 bits per heavy atom. The number of ether oxygens (including phenoxy) is 1. The molecule has 0 aliphatic rings. The molecule has 10 heteroatoms. The molecule has 0 saturated carbocycles. The van der Waals surface area contributed by atoms with E-state index in [2.05, 4.69) is 4.98 Å². The first-order chi connectivity index (χ1) is 15.3. The van der Waals surface area contributed by atoms with Gasteiger partial charge in [-0.3, -0.25) is 4.79 Å². The van der Waals surface area contributed by atoms with Crippen LogP contribution in [0, 0.1) is 0 Å². The van der Waals surface area contributed by atoms with Crippen molar-refractivity contribution < 1.29 is 22.3 Å². The zero-order chi connectivity index (χ0) is 22.6. The maximum Gasteiger partial charge on any atom is 0.433 e. The van der Waals surface area contributed by atoms with Gasteiger partial charge in [-0.1, -0.05) is 12.1 Å². The highest BCUT2D eigenvalue weighted by molar-refractivity contribution is 5.84. The number of hydrogen-bond acceptors (Lipinski definition) is 5. The second-order valence-electron chi connectivity index (χ2n) is 7.14. The van der Waals surface area contributed by atoms with Crippen molar-refractivity contribution in [2.45, 2.75) is 12.7 Å². The van der Waals surface area contributed by atoms with E-state index < -0.39 is 23.1 Å². The maximum atomic E-state index is 13.4. The molecule has 0 unspecified atom stereocenters. The quantitative estimate of drug-likeness (QED) is 0.398. The molecule has 3 aromatic heterocycles. The summed E-state index contributed by atoms with van der Waals surface area (Å²) in [5.41, 5.74) is -1.08. The second kappa shape index (κ2) is 6.98. The van der Waals surface area contributed by atoms with Crippen LogP contribution in [0.4, 0.5) is 13.2 Å². The Balaban J connectivity index is 1.84. The Morgan fingerprint density at radius 2 is 1.78 bits per heavy atom.